The monoisotopic (exact) mass is 379 g/mol. The lowest BCUT2D eigenvalue weighted by atomic mass is 9.75. The third-order valence-electron chi connectivity index (χ3n) is 4.74. The summed E-state index contributed by atoms with van der Waals surface area (Å²) in [5, 5.41) is 1.11. The number of nitrogens with zero attached hydrogens (tertiary/aromatic N) is 1. The van der Waals surface area contributed by atoms with Crippen molar-refractivity contribution in [1.29, 1.82) is 0 Å². The smallest absolute Gasteiger partial charge is 0.424 e. The fourth-order valence-electron chi connectivity index (χ4n) is 3.66. The summed E-state index contributed by atoms with van der Waals surface area (Å²) in [5.74, 6) is -2.57. The highest BCUT2D eigenvalue weighted by atomic mass is 19.4. The Bertz CT molecular complexity index is 782. The van der Waals surface area contributed by atoms with E-state index >= 15 is 0 Å². The zero-order valence-corrected chi connectivity index (χ0v) is 14.9. The number of ether oxygens (including phenoxy) is 1. The van der Waals surface area contributed by atoms with Gasteiger partial charge in [-0.1, -0.05) is 60.7 Å². The minimum Gasteiger partial charge on any atom is -0.466 e. The first-order chi connectivity index (χ1) is 12.8. The molecule has 0 aliphatic carbocycles. The second-order valence-electron chi connectivity index (χ2n) is 6.32. The maximum atomic E-state index is 14.5. The number of hydroxylamine groups is 2. The van der Waals surface area contributed by atoms with Gasteiger partial charge in [0.1, 0.15) is 5.92 Å². The molecular weight excluding hydrogens is 359 g/mol. The number of alkyl halides is 3. The normalized spacial score (nSPS) is 26.1. The van der Waals surface area contributed by atoms with Gasteiger partial charge in [-0.05, 0) is 18.1 Å². The molecule has 2 aromatic carbocycles. The highest BCUT2D eigenvalue weighted by Crippen LogP contribution is 2.58. The second kappa shape index (κ2) is 7.32. The van der Waals surface area contributed by atoms with Gasteiger partial charge in [0.2, 0.25) is 5.60 Å². The van der Waals surface area contributed by atoms with Crippen LogP contribution in [0.2, 0.25) is 0 Å². The van der Waals surface area contributed by atoms with Crippen molar-refractivity contribution in [3.8, 4) is 0 Å². The van der Waals surface area contributed by atoms with Gasteiger partial charge in [0.25, 0.3) is 0 Å². The first-order valence-electron chi connectivity index (χ1n) is 8.58. The molecule has 27 heavy (non-hydrogen) atoms. The molecule has 1 saturated heterocycles. The minimum absolute atomic E-state index is 0.0245. The van der Waals surface area contributed by atoms with Crippen LogP contribution in [-0.2, 0) is 20.0 Å². The number of esters is 1. The first-order valence-corrected chi connectivity index (χ1v) is 8.58. The van der Waals surface area contributed by atoms with Crippen molar-refractivity contribution in [3.05, 3.63) is 71.8 Å². The van der Waals surface area contributed by atoms with Crippen molar-refractivity contribution in [2.45, 2.75) is 24.7 Å². The highest BCUT2D eigenvalue weighted by Gasteiger charge is 2.72. The topological polar surface area (TPSA) is 38.8 Å². The summed E-state index contributed by atoms with van der Waals surface area (Å²) in [6.45, 7) is 1.54. The van der Waals surface area contributed by atoms with E-state index in [0.717, 1.165) is 5.06 Å². The van der Waals surface area contributed by atoms with Gasteiger partial charge in [0.15, 0.2) is 0 Å². The van der Waals surface area contributed by atoms with Gasteiger partial charge in [0.05, 0.1) is 12.6 Å². The Kier molecular flexibility index (Phi) is 5.26. The predicted octanol–water partition coefficient (Wildman–Crippen LogP) is 4.24. The third kappa shape index (κ3) is 3.21. The number of carbonyl (C=O) groups is 1. The molecule has 1 aliphatic heterocycles. The Morgan fingerprint density at radius 3 is 2.19 bits per heavy atom. The molecule has 3 atom stereocenters. The molecule has 0 amide bonds. The SMILES string of the molecule is CCOC(=O)[C@H]1[C@@H](c2ccccc2)N(C)O[C@@]1(c1ccccc1)C(F)(F)F. The van der Waals surface area contributed by atoms with Crippen LogP contribution in [0.5, 0.6) is 0 Å². The Hall–Kier alpha value is -2.38. The van der Waals surface area contributed by atoms with Gasteiger partial charge >= 0.3 is 12.1 Å². The van der Waals surface area contributed by atoms with Crippen LogP contribution in [0.4, 0.5) is 13.2 Å². The Morgan fingerprint density at radius 2 is 1.67 bits per heavy atom. The predicted molar refractivity (Wildman–Crippen MR) is 92.3 cm³/mol. The molecule has 0 N–H and O–H groups in total. The number of benzene rings is 2. The lowest BCUT2D eigenvalue weighted by Crippen LogP contribution is -2.51. The maximum absolute atomic E-state index is 14.5. The van der Waals surface area contributed by atoms with Crippen molar-refractivity contribution in [2.24, 2.45) is 5.92 Å². The molecule has 0 spiro atoms. The summed E-state index contributed by atoms with van der Waals surface area (Å²) < 4.78 is 48.4. The molecule has 3 rings (SSSR count). The van der Waals surface area contributed by atoms with Crippen LogP contribution in [0.15, 0.2) is 60.7 Å². The molecule has 0 saturated carbocycles. The first kappa shape index (κ1) is 19.4. The number of hydrogen-bond donors (Lipinski definition) is 0. The molecular formula is C20H20F3NO3. The molecule has 0 unspecified atom stereocenters. The van der Waals surface area contributed by atoms with Crippen molar-refractivity contribution in [3.63, 3.8) is 0 Å². The van der Waals surface area contributed by atoms with Gasteiger partial charge < -0.3 is 4.74 Å². The molecule has 144 valence electrons. The average molecular weight is 379 g/mol. The van der Waals surface area contributed by atoms with E-state index in [2.05, 4.69) is 0 Å². The lowest BCUT2D eigenvalue weighted by molar-refractivity contribution is -0.329. The fourth-order valence-corrected chi connectivity index (χ4v) is 3.66. The molecule has 7 heteroatoms. The van der Waals surface area contributed by atoms with Crippen LogP contribution in [0.25, 0.3) is 0 Å². The molecule has 1 fully saturated rings. The number of rotatable bonds is 4. The van der Waals surface area contributed by atoms with Crippen LogP contribution < -0.4 is 0 Å². The Morgan fingerprint density at radius 1 is 1.11 bits per heavy atom. The van der Waals surface area contributed by atoms with Gasteiger partial charge in [-0.2, -0.15) is 18.2 Å². The Labute approximate surface area is 155 Å². The van der Waals surface area contributed by atoms with Crippen molar-refractivity contribution in [1.82, 2.24) is 5.06 Å². The lowest BCUT2D eigenvalue weighted by Gasteiger charge is -2.35. The van der Waals surface area contributed by atoms with Gasteiger partial charge in [0, 0.05) is 7.05 Å². The number of hydrogen-bond acceptors (Lipinski definition) is 4. The zero-order valence-electron chi connectivity index (χ0n) is 14.9. The van der Waals surface area contributed by atoms with Crippen LogP contribution in [-0.4, -0.2) is 30.9 Å². The minimum atomic E-state index is -4.84. The van der Waals surface area contributed by atoms with E-state index in [9.17, 15) is 18.0 Å². The number of halogens is 3. The van der Waals surface area contributed by atoms with Crippen LogP contribution in [0.1, 0.15) is 24.1 Å². The zero-order chi connectivity index (χ0) is 19.7. The molecule has 0 aromatic heterocycles. The Balaban J connectivity index is 2.24. The van der Waals surface area contributed by atoms with Gasteiger partial charge in [-0.25, -0.2) is 0 Å². The summed E-state index contributed by atoms with van der Waals surface area (Å²) in [6.07, 6.45) is -4.84. The standard InChI is InChI=1S/C20H20F3NO3/c1-3-26-18(25)16-17(14-10-6-4-7-11-14)24(2)27-19(16,20(21,22)23)15-12-8-5-9-13-15/h4-13,16-17H,3H2,1-2H3/t16-,17-,19-/m1/s1. The van der Waals surface area contributed by atoms with Crippen LogP contribution in [0, 0.1) is 5.92 Å². The summed E-state index contributed by atoms with van der Waals surface area (Å²) in [7, 11) is 1.40. The molecule has 0 bridgehead atoms. The average Bonchev–Trinajstić information content (AvgIpc) is 2.97. The quantitative estimate of drug-likeness (QED) is 0.745. The molecule has 2 aromatic rings. The summed E-state index contributed by atoms with van der Waals surface area (Å²) in [4.78, 5) is 18.2. The molecule has 1 aliphatic rings. The van der Waals surface area contributed by atoms with E-state index in [4.69, 9.17) is 9.57 Å². The summed E-state index contributed by atoms with van der Waals surface area (Å²) in [5.41, 5.74) is -2.43. The van der Waals surface area contributed by atoms with E-state index in [0.29, 0.717) is 5.56 Å². The molecule has 1 heterocycles. The second-order valence-corrected chi connectivity index (χ2v) is 6.32. The van der Waals surface area contributed by atoms with Crippen molar-refractivity contribution in [2.75, 3.05) is 13.7 Å². The number of carbonyl (C=O) groups excluding carboxylic acids is 1. The highest BCUT2D eigenvalue weighted by molar-refractivity contribution is 5.76. The van der Waals surface area contributed by atoms with Crippen LogP contribution >= 0.6 is 0 Å². The third-order valence-corrected chi connectivity index (χ3v) is 4.74. The van der Waals surface area contributed by atoms with E-state index in [-0.39, 0.29) is 12.2 Å². The summed E-state index contributed by atoms with van der Waals surface area (Å²) >= 11 is 0. The van der Waals surface area contributed by atoms with Crippen molar-refractivity contribution < 1.29 is 27.5 Å². The summed E-state index contributed by atoms with van der Waals surface area (Å²) in [6, 6.07) is 14.8. The maximum Gasteiger partial charge on any atom is 0.424 e. The molecule has 0 radical (unpaired) electrons. The van der Waals surface area contributed by atoms with Gasteiger partial charge in [-0.3, -0.25) is 9.63 Å². The van der Waals surface area contributed by atoms with Gasteiger partial charge in [-0.15, -0.1) is 0 Å². The van der Waals surface area contributed by atoms with E-state index in [1.807, 2.05) is 0 Å². The fraction of sp³-hybridized carbons (Fsp3) is 0.350. The van der Waals surface area contributed by atoms with E-state index in [1.54, 1.807) is 43.3 Å². The van der Waals surface area contributed by atoms with Crippen LogP contribution in [0.3, 0.4) is 0 Å². The van der Waals surface area contributed by atoms with Crippen molar-refractivity contribution >= 4 is 5.97 Å². The molecule has 4 nitrogen and oxygen atoms in total. The largest absolute Gasteiger partial charge is 0.466 e. The van der Waals surface area contributed by atoms with E-state index in [1.165, 1.54) is 31.3 Å². The van der Waals surface area contributed by atoms with E-state index < -0.39 is 29.7 Å².